The van der Waals surface area contributed by atoms with Gasteiger partial charge < -0.3 is 124 Å². The molecule has 1 saturated heterocycles. The summed E-state index contributed by atoms with van der Waals surface area (Å²) in [4.78, 5) is 249. The molecule has 1 fully saturated rings. The second kappa shape index (κ2) is 64.7. The molecule has 137 heavy (non-hydrogen) atoms. The van der Waals surface area contributed by atoms with Crippen LogP contribution in [0.15, 0.2) is 78.3 Å². The first-order valence-corrected chi connectivity index (χ1v) is 48.4. The molecule has 2 aromatic heterocycles. The number of likely N-dealkylation sites (N-methyl/N-ethyl adjacent to an activating group) is 1. The molecule has 46 nitrogen and oxygen atoms in total. The normalized spacial score (nSPS) is 17.6. The lowest BCUT2D eigenvalue weighted by Gasteiger charge is -2.27. The number of amides is 17. The van der Waals surface area contributed by atoms with Crippen molar-refractivity contribution >= 4 is 133 Å². The van der Waals surface area contributed by atoms with E-state index >= 15 is 0 Å². The van der Waals surface area contributed by atoms with Crippen LogP contribution in [0.2, 0.25) is 0 Å². The first kappa shape index (κ1) is 116. The number of aliphatic hydroxyl groups is 1. The van der Waals surface area contributed by atoms with Crippen molar-refractivity contribution in [3.05, 3.63) is 90.1 Å². The van der Waals surface area contributed by atoms with Crippen molar-refractivity contribution in [1.82, 2.24) is 88.8 Å². The van der Waals surface area contributed by atoms with Gasteiger partial charge in [0.2, 0.25) is 110 Å². The van der Waals surface area contributed by atoms with Gasteiger partial charge in [-0.25, -0.2) is 13.4 Å². The minimum Gasteiger partial charge on any atom is -0.481 e. The molecule has 1 aliphatic heterocycles. The van der Waals surface area contributed by atoms with Gasteiger partial charge in [0.1, 0.15) is 60.4 Å². The lowest BCUT2D eigenvalue weighted by molar-refractivity contribution is -0.138. The standard InChI is InChI=1S/C47H81N11O14S.C43H61N13O8/c1-3-5-7-8-9-10-11-12-13-14-15-16-17-20-40(62)58-73(71,72)26-18-21-39(61)51-29-41(63)53-37(30-59)47(70)56-34(22-24-38(48)60)45(68)57-36(27-32-28-50-31-52-32)46(69)55-35(23-25-42(64)65)44(67)54-33(43(49)66)19-6-4-2;1-48-30-17-19-36(58)49-20-8-7-14-29(37(45)59)52-42(64)34(23-26-24-51-28-13-6-5-12-27(26)28)56-39(61)31(15-9-21-50-43(46)47)53-41(63)33(22-25-10-3-2-4-11-25)55-40(62)32(54-38(30)60)16-18-35(44)57/h28,31,33-37,59H,3-27,29-30H2,1-2H3,(H2,48,60)(H2,49,66)(H,50,52)(H,51,61)(H,53,63)(H,54,67)(H,55,69)(H,56,70)(H,57,68)(H,58,62)(H,64,65);2-6,10-13,24,29-34,48,51H,7-9,14-23H2,1H3,(H2,44,57)(H2,45,59)(H,49,58)(H,52,64)(H,53,63)(H,54,60)(H,55,62)(H,56,61)(H4,46,47,50)/t33-,34-,35-,36-,37-;29-,30-,31-,32-,33+,34-/m00/s1. The first-order chi connectivity index (χ1) is 65.3. The third-order valence-corrected chi connectivity index (χ3v) is 23.7. The summed E-state index contributed by atoms with van der Waals surface area (Å²) in [5.74, 6) is -15.9. The summed E-state index contributed by atoms with van der Waals surface area (Å²) in [7, 11) is -2.52. The zero-order valence-corrected chi connectivity index (χ0v) is 79.2. The second-order valence-corrected chi connectivity index (χ2v) is 35.5. The molecule has 30 N–H and O–H groups in total. The first-order valence-electron chi connectivity index (χ1n) is 46.7. The van der Waals surface area contributed by atoms with Gasteiger partial charge in [-0.2, -0.15) is 0 Å². The number of guanidine groups is 1. The van der Waals surface area contributed by atoms with Crippen molar-refractivity contribution in [3.8, 4) is 0 Å². The van der Waals surface area contributed by atoms with Gasteiger partial charge in [-0.1, -0.05) is 152 Å². The Morgan fingerprint density at radius 2 is 1.07 bits per heavy atom. The highest BCUT2D eigenvalue weighted by Crippen LogP contribution is 2.22. The molecule has 2 aromatic carbocycles. The monoisotopic (exact) mass is 1940 g/mol. The lowest BCUT2D eigenvalue weighted by atomic mass is 10.0. The van der Waals surface area contributed by atoms with Gasteiger partial charge in [0.05, 0.1) is 31.3 Å². The molecule has 760 valence electrons. The van der Waals surface area contributed by atoms with E-state index in [1.54, 1.807) is 36.5 Å². The summed E-state index contributed by atoms with van der Waals surface area (Å²) < 4.78 is 26.9. The molecule has 3 heterocycles. The largest absolute Gasteiger partial charge is 0.481 e. The van der Waals surface area contributed by atoms with Crippen molar-refractivity contribution in [3.63, 3.8) is 0 Å². The summed E-state index contributed by atoms with van der Waals surface area (Å²) >= 11 is 0. The summed E-state index contributed by atoms with van der Waals surface area (Å²) in [6.07, 6.45) is 18.0. The van der Waals surface area contributed by atoms with E-state index in [1.165, 1.54) is 70.9 Å². The van der Waals surface area contributed by atoms with Crippen LogP contribution in [0.3, 0.4) is 0 Å². The number of benzene rings is 2. The molecule has 0 saturated carbocycles. The third-order valence-electron chi connectivity index (χ3n) is 22.3. The van der Waals surface area contributed by atoms with E-state index in [0.717, 1.165) is 36.6 Å². The highest BCUT2D eigenvalue weighted by molar-refractivity contribution is 7.90. The average Bonchev–Trinajstić information content (AvgIpc) is 1.67. The van der Waals surface area contributed by atoms with Gasteiger partial charge in [0.25, 0.3) is 0 Å². The van der Waals surface area contributed by atoms with E-state index in [1.807, 2.05) is 35.9 Å². The fourth-order valence-electron chi connectivity index (χ4n) is 14.6. The van der Waals surface area contributed by atoms with Gasteiger partial charge >= 0.3 is 5.97 Å². The number of carboxylic acid groups (broad SMARTS) is 1. The van der Waals surface area contributed by atoms with E-state index in [0.29, 0.717) is 48.9 Å². The second-order valence-electron chi connectivity index (χ2n) is 33.7. The van der Waals surface area contributed by atoms with Crippen LogP contribution in [0, 0.1) is 0 Å². The highest BCUT2D eigenvalue weighted by atomic mass is 32.2. The Morgan fingerprint density at radius 1 is 0.526 bits per heavy atom. The number of aromatic amines is 2. The molecule has 0 unspecified atom stereocenters. The number of aliphatic imine (C=N–C) groups is 1. The van der Waals surface area contributed by atoms with Crippen LogP contribution < -0.4 is 108 Å². The molecule has 17 amide bonds. The van der Waals surface area contributed by atoms with Gasteiger partial charge in [-0.15, -0.1) is 0 Å². The Labute approximate surface area is 796 Å². The Hall–Kier alpha value is -13.2. The smallest absolute Gasteiger partial charge is 0.303 e. The number of nitrogens with two attached hydrogens (primary N) is 6. The zero-order valence-electron chi connectivity index (χ0n) is 78.4. The number of aliphatic hydroxyl groups excluding tert-OH is 1. The van der Waals surface area contributed by atoms with Crippen LogP contribution in [0.4, 0.5) is 0 Å². The van der Waals surface area contributed by atoms with E-state index in [-0.39, 0.29) is 115 Å². The Morgan fingerprint density at radius 3 is 1.65 bits per heavy atom. The number of rotatable bonds is 56. The Balaban J connectivity index is 0.000000576. The number of carbonyl (C=O) groups is 18. The van der Waals surface area contributed by atoms with Gasteiger partial charge in [-0.3, -0.25) is 96.0 Å². The molecule has 0 radical (unpaired) electrons. The molecule has 5 rings (SSSR count). The summed E-state index contributed by atoms with van der Waals surface area (Å²) in [6, 6.07) is 1.17. The fourth-order valence-corrected chi connectivity index (χ4v) is 15.7. The average molecular weight is 1940 g/mol. The predicted molar refractivity (Wildman–Crippen MR) is 506 cm³/mol. The number of carbonyl (C=O) groups excluding carboxylic acids is 17. The summed E-state index contributed by atoms with van der Waals surface area (Å²) in [6.45, 7) is 2.63. The van der Waals surface area contributed by atoms with Crippen LogP contribution >= 0.6 is 0 Å². The van der Waals surface area contributed by atoms with Gasteiger partial charge in [0, 0.05) is 99.9 Å². The molecule has 47 heteroatoms. The number of aromatic nitrogens is 3. The van der Waals surface area contributed by atoms with Gasteiger partial charge in [-0.05, 0) is 101 Å². The van der Waals surface area contributed by atoms with Crippen molar-refractivity contribution in [2.45, 2.75) is 305 Å². The van der Waals surface area contributed by atoms with E-state index in [9.17, 15) is 105 Å². The number of nitrogens with one attached hydrogen (secondary N) is 16. The van der Waals surface area contributed by atoms with Crippen LogP contribution in [-0.2, 0) is 116 Å². The number of sulfonamides is 1. The minimum atomic E-state index is -4.03. The summed E-state index contributed by atoms with van der Waals surface area (Å²) in [5, 5.41) is 53.3. The van der Waals surface area contributed by atoms with Crippen molar-refractivity contribution in [1.29, 1.82) is 0 Å². The number of para-hydroxylation sites is 1. The van der Waals surface area contributed by atoms with E-state index < -0.39 is 222 Å². The molecular formula is C90H142N24O22S. The number of unbranched alkanes of at least 4 members (excludes halogenated alkanes) is 13. The number of aliphatic carboxylic acids is 1. The maximum atomic E-state index is 14.4. The molecule has 0 aliphatic carbocycles. The fraction of sp³-hybridized carbons (Fsp3) is 0.600. The number of hydrogen-bond acceptors (Lipinski definition) is 24. The molecule has 11 atom stereocenters. The number of nitrogens with zero attached hydrogens (tertiary/aromatic N) is 2. The zero-order chi connectivity index (χ0) is 101. The number of imidazole rings is 1. The minimum absolute atomic E-state index is 0.0229. The maximum absolute atomic E-state index is 14.4. The number of primary amides is 4. The Kier molecular flexibility index (Phi) is 54.8. The Bertz CT molecular complexity index is 4710. The molecular weight excluding hydrogens is 1800 g/mol. The van der Waals surface area contributed by atoms with E-state index in [4.69, 9.17) is 34.4 Å². The van der Waals surface area contributed by atoms with E-state index in [2.05, 4.69) is 96.0 Å². The molecule has 0 spiro atoms. The van der Waals surface area contributed by atoms with Crippen molar-refractivity contribution in [2.75, 3.05) is 39.0 Å². The maximum Gasteiger partial charge on any atom is 0.303 e. The predicted octanol–water partition coefficient (Wildman–Crippen LogP) is -2.15. The van der Waals surface area contributed by atoms with Crippen molar-refractivity contribution in [2.24, 2.45) is 39.4 Å². The van der Waals surface area contributed by atoms with Crippen LogP contribution in [0.5, 0.6) is 0 Å². The van der Waals surface area contributed by atoms with Crippen molar-refractivity contribution < 1.29 is 105 Å². The quantitative estimate of drug-likeness (QED) is 0.0127. The SMILES string of the molecule is CCCCCCCCCCCCCCCC(=O)NS(=O)(=O)CCCC(=O)NCC(=O)N[C@@H](CO)C(=O)N[C@@H](CCC(N)=O)C(=O)N[C@@H](Cc1cnc[nH]1)C(=O)N[C@@H](CCC(=O)O)C(=O)N[C@@H](CCCC)C(N)=O.CN[C@H]1CCC(=O)NCCCC[C@@H](C(N)=O)NC(=O)[C@H](Cc2c[nH]c3ccccc23)NC(=O)[C@H](CCCN=C(N)N)NC(=O)[C@@H](Cc2ccccc2)NC(=O)[C@H](CCC(N)=O)NC1=O. The number of H-pyrrole nitrogens is 2. The third kappa shape index (κ3) is 48.2. The molecule has 4 aromatic rings. The topological polar surface area (TPSA) is 763 Å². The van der Waals surface area contributed by atoms with Crippen LogP contribution in [0.1, 0.15) is 236 Å². The highest BCUT2D eigenvalue weighted by Gasteiger charge is 2.37. The lowest BCUT2D eigenvalue weighted by Crippen LogP contribution is -2.60. The van der Waals surface area contributed by atoms with Gasteiger partial charge in [0.15, 0.2) is 5.96 Å². The number of carboxylic acids is 1. The summed E-state index contributed by atoms with van der Waals surface area (Å²) in [5.41, 5.74) is 35.4. The van der Waals surface area contributed by atoms with Crippen LogP contribution in [0.25, 0.3) is 10.9 Å². The molecule has 1 aliphatic rings. The molecule has 0 bridgehead atoms. The number of hydrogen-bond donors (Lipinski definition) is 24. The number of fused-ring (bicyclic) bond motifs is 1. The van der Waals surface area contributed by atoms with Crippen LogP contribution in [-0.4, -0.2) is 251 Å².